The van der Waals surface area contributed by atoms with E-state index >= 15 is 0 Å². The van der Waals surface area contributed by atoms with Gasteiger partial charge in [0, 0.05) is 38.8 Å². The molecule has 2 heterocycles. The highest BCUT2D eigenvalue weighted by Gasteiger charge is 2.37. The topological polar surface area (TPSA) is 8.17 Å². The maximum absolute atomic E-state index is 3.85. The van der Waals surface area contributed by atoms with Gasteiger partial charge in [-0.1, -0.05) is 141 Å². The van der Waals surface area contributed by atoms with Crippen molar-refractivity contribution in [1.82, 2.24) is 9.47 Å². The van der Waals surface area contributed by atoms with Gasteiger partial charge in [-0.3, -0.25) is 0 Å². The van der Waals surface area contributed by atoms with Crippen molar-refractivity contribution in [2.24, 2.45) is 0 Å². The fourth-order valence-corrected chi connectivity index (χ4v) is 7.78. The van der Waals surface area contributed by atoms with Crippen molar-refractivity contribution in [3.63, 3.8) is 0 Å². The van der Waals surface area contributed by atoms with E-state index in [1.165, 1.54) is 54.7 Å². The van der Waals surface area contributed by atoms with Crippen molar-refractivity contribution < 1.29 is 0 Å². The van der Waals surface area contributed by atoms with E-state index in [0.717, 1.165) is 33.6 Å². The van der Waals surface area contributed by atoms with Crippen molar-refractivity contribution in [2.75, 3.05) is 0 Å². The monoisotopic (exact) mass is 660 g/mol. The maximum atomic E-state index is 3.85. The average molecular weight is 661 g/mol. The minimum Gasteiger partial charge on any atom is -0.303 e. The molecule has 50 heavy (non-hydrogen) atoms. The van der Waals surface area contributed by atoms with Crippen LogP contribution in [0, 0.1) is 0 Å². The van der Waals surface area contributed by atoms with E-state index < -0.39 is 0 Å². The third-order valence-electron chi connectivity index (χ3n) is 9.17. The molecule has 0 N–H and O–H groups in total. The van der Waals surface area contributed by atoms with E-state index in [4.69, 9.17) is 0 Å². The molecular weight excluding hydrogens is 625 g/mol. The molecule has 0 amide bonds. The Labute approximate surface area is 298 Å². The van der Waals surface area contributed by atoms with Crippen LogP contribution in [0.15, 0.2) is 197 Å². The zero-order chi connectivity index (χ0) is 34.0. The van der Waals surface area contributed by atoms with Gasteiger partial charge in [0.25, 0.3) is 0 Å². The summed E-state index contributed by atoms with van der Waals surface area (Å²) >= 11 is 1.74. The fourth-order valence-electron chi connectivity index (χ4n) is 6.94. The standard InChI is InChI=1S/C45H30N2S.C2H6/c1-2-3-6-18-43-41-27-34(29-45(41)47(43)36-24-25-38(30-36)48-37-15-9-5-10-16-37)32-22-20-31(21-23-32)33-26-40-39-17-11-12-19-42(39)46(44(40)28-33)35-13-7-4-8-14-35;1-2/h2-26,29H,1,27H2;1-2H3/b6-3-,43-18-;. The lowest BCUT2D eigenvalue weighted by Crippen LogP contribution is -2.30. The van der Waals surface area contributed by atoms with Crippen LogP contribution in [0.2, 0.25) is 0 Å². The van der Waals surface area contributed by atoms with E-state index in [9.17, 15) is 0 Å². The van der Waals surface area contributed by atoms with Gasteiger partial charge in [0.15, 0.2) is 0 Å². The lowest BCUT2D eigenvalue weighted by Gasteiger charge is -2.37. The minimum atomic E-state index is 0.908. The molecule has 0 spiro atoms. The molecule has 0 atom stereocenters. The minimum absolute atomic E-state index is 0.908. The second kappa shape index (κ2) is 13.5. The molecule has 0 fully saturated rings. The molecule has 0 bridgehead atoms. The number of rotatable bonds is 8. The van der Waals surface area contributed by atoms with Crippen LogP contribution in [0.5, 0.6) is 0 Å². The molecule has 4 aromatic carbocycles. The van der Waals surface area contributed by atoms with Crippen LogP contribution in [0.1, 0.15) is 31.4 Å². The summed E-state index contributed by atoms with van der Waals surface area (Å²) in [5.41, 5.74) is 19.5. The highest BCUT2D eigenvalue weighted by atomic mass is 32.2. The van der Waals surface area contributed by atoms with Crippen LogP contribution in [0.25, 0.3) is 39.5 Å². The summed E-state index contributed by atoms with van der Waals surface area (Å²) < 4.78 is 2.32. The number of nitrogens with zero attached hydrogens (tertiary/aromatic N) is 2. The Morgan fingerprint density at radius 1 is 0.740 bits per heavy atom. The Morgan fingerprint density at radius 3 is 2.24 bits per heavy atom. The van der Waals surface area contributed by atoms with E-state index in [1.807, 2.05) is 32.1 Å². The van der Waals surface area contributed by atoms with Crippen LogP contribution in [0.3, 0.4) is 0 Å². The molecule has 0 radical (unpaired) electrons. The Bertz CT molecular complexity index is 2560. The van der Waals surface area contributed by atoms with Crippen LogP contribution in [0.4, 0.5) is 0 Å². The van der Waals surface area contributed by atoms with Crippen molar-refractivity contribution in [3.05, 3.63) is 213 Å². The van der Waals surface area contributed by atoms with E-state index in [0.29, 0.717) is 0 Å². The highest BCUT2D eigenvalue weighted by Crippen LogP contribution is 2.50. The lowest BCUT2D eigenvalue weighted by atomic mass is 9.95. The number of hydrogen-bond acceptors (Lipinski definition) is 2. The van der Waals surface area contributed by atoms with E-state index in [2.05, 4.69) is 167 Å². The van der Waals surface area contributed by atoms with Crippen molar-refractivity contribution >= 4 is 45.6 Å². The number of allylic oxidation sites excluding steroid dienone is 9. The summed E-state index contributed by atoms with van der Waals surface area (Å²) in [6.07, 6.45) is 17.9. The molecular formula is C47H36N2S. The predicted octanol–water partition coefficient (Wildman–Crippen LogP) is 10.6. The van der Waals surface area contributed by atoms with Gasteiger partial charge in [0.2, 0.25) is 0 Å². The molecule has 2 nitrogen and oxygen atoms in total. The Hall–Kier alpha value is -5.95. The molecule has 1 aliphatic heterocycles. The van der Waals surface area contributed by atoms with Gasteiger partial charge in [-0.05, 0) is 77.4 Å². The van der Waals surface area contributed by atoms with Crippen LogP contribution in [-0.2, 0) is 0 Å². The summed E-state index contributed by atoms with van der Waals surface area (Å²) in [5, 5.41) is 3.60. The molecule has 3 aliphatic carbocycles. The highest BCUT2D eigenvalue weighted by molar-refractivity contribution is 8.03. The summed E-state index contributed by atoms with van der Waals surface area (Å²) in [4.78, 5) is 4.67. The zero-order valence-corrected chi connectivity index (χ0v) is 29.0. The number of benzene rings is 4. The Morgan fingerprint density at radius 2 is 1.46 bits per heavy atom. The first-order chi connectivity index (χ1) is 24.7. The van der Waals surface area contributed by atoms with Crippen LogP contribution >= 0.6 is 11.8 Å². The van der Waals surface area contributed by atoms with Gasteiger partial charge in [-0.2, -0.15) is 0 Å². The van der Waals surface area contributed by atoms with Gasteiger partial charge >= 0.3 is 0 Å². The lowest BCUT2D eigenvalue weighted by molar-refractivity contribution is 0.510. The molecule has 4 aliphatic rings. The first kappa shape index (κ1) is 31.3. The summed E-state index contributed by atoms with van der Waals surface area (Å²) in [6.45, 7) is 7.85. The number of para-hydroxylation sites is 2. The molecule has 9 rings (SSSR count). The largest absolute Gasteiger partial charge is 0.303 e. The number of hydrogen-bond donors (Lipinski definition) is 0. The number of thioether (sulfide) groups is 1. The Kier molecular flexibility index (Phi) is 8.47. The maximum Gasteiger partial charge on any atom is 0.0977 e. The predicted molar refractivity (Wildman–Crippen MR) is 212 cm³/mol. The normalized spacial score (nSPS) is 16.2. The van der Waals surface area contributed by atoms with Crippen LogP contribution < -0.4 is 10.6 Å². The van der Waals surface area contributed by atoms with Gasteiger partial charge in [0.1, 0.15) is 0 Å². The average Bonchev–Trinajstić information content (AvgIpc) is 3.95. The second-order valence-corrected chi connectivity index (χ2v) is 13.2. The summed E-state index contributed by atoms with van der Waals surface area (Å²) in [5.74, 6) is 0. The van der Waals surface area contributed by atoms with Gasteiger partial charge < -0.3 is 9.47 Å². The zero-order valence-electron chi connectivity index (χ0n) is 28.2. The molecule has 5 aromatic rings. The second-order valence-electron chi connectivity index (χ2n) is 12.1. The third kappa shape index (κ3) is 5.54. The van der Waals surface area contributed by atoms with Gasteiger partial charge in [0.05, 0.1) is 32.9 Å². The number of fused-ring (bicyclic) bond motifs is 3. The molecule has 1 aromatic heterocycles. The molecule has 0 saturated heterocycles. The van der Waals surface area contributed by atoms with E-state index in [1.54, 1.807) is 11.8 Å². The van der Waals surface area contributed by atoms with Crippen molar-refractivity contribution in [3.8, 4) is 5.69 Å². The first-order valence-corrected chi connectivity index (χ1v) is 18.0. The van der Waals surface area contributed by atoms with Gasteiger partial charge in [-0.25, -0.2) is 0 Å². The third-order valence-corrected chi connectivity index (χ3v) is 10.1. The van der Waals surface area contributed by atoms with E-state index in [-0.39, 0.29) is 0 Å². The molecule has 0 saturated carbocycles. The Balaban J connectivity index is 0.00000177. The van der Waals surface area contributed by atoms with Crippen LogP contribution in [-0.4, -0.2) is 9.47 Å². The van der Waals surface area contributed by atoms with Crippen molar-refractivity contribution in [2.45, 2.75) is 25.2 Å². The summed E-state index contributed by atoms with van der Waals surface area (Å²) in [6, 6.07) is 38.7. The smallest absolute Gasteiger partial charge is 0.0977 e. The number of aromatic nitrogens is 1. The molecule has 0 unspecified atom stereocenters. The SMILES string of the molecule is C=C/C=C\C=C1\C2=C(C=C(c3ccc(C4=C=c5c(c6ccccc6n5-c5ccccc5)=C4)cc3)C2)N1C1=C=C(Sc2ccccc2)C=C1.CC. The molecule has 240 valence electrons. The quantitative estimate of drug-likeness (QED) is 0.121. The molecule has 3 heteroatoms. The summed E-state index contributed by atoms with van der Waals surface area (Å²) in [7, 11) is 0. The van der Waals surface area contributed by atoms with Gasteiger partial charge in [-0.15, -0.1) is 0 Å². The van der Waals surface area contributed by atoms with Crippen molar-refractivity contribution in [1.29, 1.82) is 0 Å². The first-order valence-electron chi connectivity index (χ1n) is 17.2. The fraction of sp³-hybridized carbons (Fsp3) is 0.0638.